The van der Waals surface area contributed by atoms with Crippen LogP contribution in [0.1, 0.15) is 27.7 Å². The first-order chi connectivity index (χ1) is 14.2. The van der Waals surface area contributed by atoms with Gasteiger partial charge in [-0.15, -0.1) is 0 Å². The minimum Gasteiger partial charge on any atom is -0.502 e. The average molecular weight is 437 g/mol. The summed E-state index contributed by atoms with van der Waals surface area (Å²) in [5.74, 6) is 0.243. The van der Waals surface area contributed by atoms with E-state index in [1.165, 1.54) is 38.7 Å². The molecule has 1 unspecified atom stereocenters. The molecule has 9 nitrogen and oxygen atoms in total. The molecule has 0 saturated carbocycles. The van der Waals surface area contributed by atoms with Crippen molar-refractivity contribution in [2.75, 3.05) is 19.7 Å². The summed E-state index contributed by atoms with van der Waals surface area (Å²) in [6, 6.07) is 4.45. The van der Waals surface area contributed by atoms with Crippen LogP contribution in [0.25, 0.3) is 0 Å². The van der Waals surface area contributed by atoms with Crippen molar-refractivity contribution >= 4 is 13.5 Å². The molecule has 0 aliphatic carbocycles. The van der Waals surface area contributed by atoms with E-state index >= 15 is 0 Å². The van der Waals surface area contributed by atoms with Crippen molar-refractivity contribution < 1.29 is 28.3 Å². The number of ether oxygens (including phenoxy) is 2. The van der Waals surface area contributed by atoms with Gasteiger partial charge in [-0.3, -0.25) is 0 Å². The number of allylic oxidation sites excluding steroid dienone is 2. The normalized spacial score (nSPS) is 13.8. The molecule has 1 aromatic heterocycles. The highest BCUT2D eigenvalue weighted by atomic mass is 31.2. The molecule has 164 valence electrons. The van der Waals surface area contributed by atoms with Gasteiger partial charge in [0, 0.05) is 24.5 Å². The number of aromatic nitrogens is 2. The highest BCUT2D eigenvalue weighted by molar-refractivity contribution is 7.58. The zero-order valence-corrected chi connectivity index (χ0v) is 18.8. The first-order valence-corrected chi connectivity index (χ1v) is 10.9. The van der Waals surface area contributed by atoms with Crippen LogP contribution in [0, 0.1) is 11.8 Å². The summed E-state index contributed by atoms with van der Waals surface area (Å²) in [6.45, 7) is 7.72. The smallest absolute Gasteiger partial charge is 0.427 e. The second kappa shape index (κ2) is 10.3. The molecule has 0 aliphatic rings. The Labute approximate surface area is 176 Å². The van der Waals surface area contributed by atoms with Gasteiger partial charge in [-0.25, -0.2) is 20.0 Å². The van der Waals surface area contributed by atoms with Crippen molar-refractivity contribution in [1.29, 1.82) is 0 Å². The lowest BCUT2D eigenvalue weighted by Crippen LogP contribution is -2.11. The van der Waals surface area contributed by atoms with Crippen molar-refractivity contribution in [3.63, 3.8) is 0 Å². The molecule has 0 spiro atoms. The van der Waals surface area contributed by atoms with E-state index in [0.717, 1.165) is 0 Å². The van der Waals surface area contributed by atoms with Gasteiger partial charge in [0.05, 0.1) is 19.5 Å². The Morgan fingerprint density at radius 2 is 1.67 bits per heavy atom. The Hall–Kier alpha value is -2.77. The summed E-state index contributed by atoms with van der Waals surface area (Å²) >= 11 is 0. The highest BCUT2D eigenvalue weighted by Gasteiger charge is 2.36. The molecule has 0 amide bonds. The zero-order chi connectivity index (χ0) is 22.3. The van der Waals surface area contributed by atoms with E-state index in [1.807, 2.05) is 33.8 Å². The molecule has 0 saturated heterocycles. The Kier molecular flexibility index (Phi) is 8.08. The molecule has 10 heteroatoms. The minimum atomic E-state index is -3.93. The number of nitrogens with one attached hydrogen (secondary N) is 1. The lowest BCUT2D eigenvalue weighted by Gasteiger charge is -2.24. The van der Waals surface area contributed by atoms with Crippen LogP contribution in [0.15, 0.2) is 42.0 Å². The van der Waals surface area contributed by atoms with Crippen LogP contribution in [0.5, 0.6) is 23.0 Å². The number of phenolic OH excluding ortho intramolecular Hbond substituents is 1. The molecule has 2 aromatic rings. The monoisotopic (exact) mass is 437 g/mol. The molecule has 2 N–H and O–H groups in total. The van der Waals surface area contributed by atoms with Gasteiger partial charge in [0.1, 0.15) is 5.75 Å². The van der Waals surface area contributed by atoms with Crippen LogP contribution in [0.2, 0.25) is 0 Å². The maximum absolute atomic E-state index is 13.9. The molecule has 30 heavy (non-hydrogen) atoms. The minimum absolute atomic E-state index is 0.0970. The van der Waals surface area contributed by atoms with Gasteiger partial charge >= 0.3 is 7.60 Å². The molecule has 1 heterocycles. The summed E-state index contributed by atoms with van der Waals surface area (Å²) in [5.41, 5.74) is 2.52. The van der Waals surface area contributed by atoms with Crippen molar-refractivity contribution in [1.82, 2.24) is 9.97 Å². The van der Waals surface area contributed by atoms with Gasteiger partial charge in [-0.05, 0) is 17.9 Å². The van der Waals surface area contributed by atoms with E-state index in [9.17, 15) is 9.67 Å². The van der Waals surface area contributed by atoms with Gasteiger partial charge in [0.2, 0.25) is 11.7 Å². The van der Waals surface area contributed by atoms with Crippen LogP contribution < -0.4 is 19.5 Å². The van der Waals surface area contributed by atoms with Gasteiger partial charge in [0.25, 0.3) is 0 Å². The van der Waals surface area contributed by atoms with Gasteiger partial charge < -0.3 is 19.1 Å². The Morgan fingerprint density at radius 1 is 1.10 bits per heavy atom. The topological polar surface area (TPSA) is 112 Å². The summed E-state index contributed by atoms with van der Waals surface area (Å²) in [7, 11) is -1.15. The van der Waals surface area contributed by atoms with Crippen LogP contribution in [0.4, 0.5) is 5.95 Å². The van der Waals surface area contributed by atoms with Crippen LogP contribution in [-0.4, -0.2) is 29.3 Å². The third-order valence-corrected chi connectivity index (χ3v) is 5.99. The predicted molar refractivity (Wildman–Crippen MR) is 114 cm³/mol. The number of phenols is 1. The van der Waals surface area contributed by atoms with Crippen LogP contribution >= 0.6 is 7.60 Å². The largest absolute Gasteiger partial charge is 0.502 e. The molecule has 2 rings (SSSR count). The van der Waals surface area contributed by atoms with E-state index in [0.29, 0.717) is 5.31 Å². The van der Waals surface area contributed by atoms with E-state index in [4.69, 9.17) is 18.6 Å². The molecule has 0 radical (unpaired) electrons. The number of anilines is 1. The lowest BCUT2D eigenvalue weighted by atomic mass is 10.1. The first kappa shape index (κ1) is 23.5. The van der Waals surface area contributed by atoms with Crippen LogP contribution in [-0.2, 0) is 9.19 Å². The fraction of sp³-hybridized carbons (Fsp3) is 0.400. The molecule has 1 atom stereocenters. The number of hydrogen-bond acceptors (Lipinski definition) is 9. The maximum Gasteiger partial charge on any atom is 0.427 e. The Bertz CT molecular complexity index is 893. The quantitative estimate of drug-likeness (QED) is 0.391. The molecular weight excluding hydrogens is 409 g/mol. The maximum atomic E-state index is 13.9. The number of aromatic hydroxyl groups is 1. The number of hydrogen-bond donors (Lipinski definition) is 2. The standard InChI is InChI=1S/C20H28N3O6P/c1-13(2)10-18(14(3)4)30(25,29-23-20-21-8-7-9-22-20)28-15-11-16(26-5)19(24)17(12-15)27-6/h7-14,24H,1-6H3,(H,21,22,23)/b18-10-. The lowest BCUT2D eigenvalue weighted by molar-refractivity contribution is 0.312. The third kappa shape index (κ3) is 5.87. The fourth-order valence-electron chi connectivity index (χ4n) is 2.58. The SMILES string of the molecule is COc1cc(OP(=O)(ONc2ncccn2)/C(=C\C(C)C)C(C)C)cc(OC)c1O. The summed E-state index contributed by atoms with van der Waals surface area (Å²) in [4.78, 5) is 8.01. The molecule has 0 aliphatic heterocycles. The number of rotatable bonds is 10. The van der Waals surface area contributed by atoms with E-state index < -0.39 is 7.60 Å². The number of benzene rings is 1. The van der Waals surface area contributed by atoms with Gasteiger partial charge in [-0.2, -0.15) is 4.62 Å². The van der Waals surface area contributed by atoms with Gasteiger partial charge in [-0.1, -0.05) is 33.8 Å². The van der Waals surface area contributed by atoms with Crippen molar-refractivity contribution in [2.24, 2.45) is 11.8 Å². The summed E-state index contributed by atoms with van der Waals surface area (Å²) in [5, 5.41) is 10.6. The molecule has 1 aromatic carbocycles. The average Bonchev–Trinajstić information content (AvgIpc) is 2.72. The predicted octanol–water partition coefficient (Wildman–Crippen LogP) is 5.01. The molecule has 0 bridgehead atoms. The third-order valence-electron chi connectivity index (χ3n) is 3.91. The fourth-order valence-corrected chi connectivity index (χ4v) is 4.53. The van der Waals surface area contributed by atoms with Crippen molar-refractivity contribution in [3.05, 3.63) is 42.0 Å². The highest BCUT2D eigenvalue weighted by Crippen LogP contribution is 2.59. The number of methoxy groups -OCH3 is 2. The van der Waals surface area contributed by atoms with E-state index in [-0.39, 0.29) is 40.8 Å². The zero-order valence-electron chi connectivity index (χ0n) is 17.9. The van der Waals surface area contributed by atoms with Crippen molar-refractivity contribution in [3.8, 4) is 23.0 Å². The van der Waals surface area contributed by atoms with E-state index in [2.05, 4.69) is 15.4 Å². The Balaban J connectivity index is 2.49. The Morgan fingerprint density at radius 3 is 2.13 bits per heavy atom. The summed E-state index contributed by atoms with van der Waals surface area (Å²) in [6.07, 6.45) is 4.88. The molecular formula is C20H28N3O6P. The van der Waals surface area contributed by atoms with Crippen LogP contribution in [0.3, 0.4) is 0 Å². The number of nitrogens with zero attached hydrogens (tertiary/aromatic N) is 2. The summed E-state index contributed by atoms with van der Waals surface area (Å²) < 4.78 is 35.7. The van der Waals surface area contributed by atoms with E-state index in [1.54, 1.807) is 6.07 Å². The first-order valence-electron chi connectivity index (χ1n) is 9.38. The van der Waals surface area contributed by atoms with Crippen molar-refractivity contribution in [2.45, 2.75) is 27.7 Å². The second-order valence-corrected chi connectivity index (χ2v) is 8.90. The van der Waals surface area contributed by atoms with Gasteiger partial charge in [0.15, 0.2) is 11.5 Å². The second-order valence-electron chi connectivity index (χ2n) is 7.02. The molecule has 0 fully saturated rings.